The van der Waals surface area contributed by atoms with Crippen LogP contribution in [0, 0.1) is 5.41 Å². The third-order valence-corrected chi connectivity index (χ3v) is 3.05. The van der Waals surface area contributed by atoms with E-state index in [1.54, 1.807) is 14.2 Å². The molecule has 0 atom stereocenters. The Morgan fingerprint density at radius 3 is 1.76 bits per heavy atom. The summed E-state index contributed by atoms with van der Waals surface area (Å²) < 4.78 is 16.4. The van der Waals surface area contributed by atoms with Gasteiger partial charge in [0, 0.05) is 35.7 Å². The molecule has 21 heavy (non-hydrogen) atoms. The third kappa shape index (κ3) is 6.71. The lowest BCUT2D eigenvalue weighted by Gasteiger charge is -2.30. The number of benzene rings is 1. The van der Waals surface area contributed by atoms with Crippen LogP contribution in [0.1, 0.15) is 34.6 Å². The van der Waals surface area contributed by atoms with Crippen LogP contribution in [0.15, 0.2) is 18.2 Å². The Morgan fingerprint density at radius 1 is 0.857 bits per heavy atom. The van der Waals surface area contributed by atoms with Gasteiger partial charge in [0.05, 0.1) is 20.8 Å². The lowest BCUT2D eigenvalue weighted by atomic mass is 9.93. The predicted molar refractivity (Wildman–Crippen MR) is 86.6 cm³/mol. The molecular weight excluding hydrogens is 266 g/mol. The van der Waals surface area contributed by atoms with E-state index < -0.39 is 0 Å². The average molecular weight is 295 g/mol. The maximum absolute atomic E-state index is 5.92. The summed E-state index contributed by atoms with van der Waals surface area (Å²) in [7, 11) is 3.27. The summed E-state index contributed by atoms with van der Waals surface area (Å²) in [5.41, 5.74) is 0.139. The van der Waals surface area contributed by atoms with Crippen molar-refractivity contribution in [1.29, 1.82) is 0 Å². The number of ether oxygens (including phenoxy) is 3. The Morgan fingerprint density at radius 2 is 1.33 bits per heavy atom. The highest BCUT2D eigenvalue weighted by Gasteiger charge is 2.22. The highest BCUT2D eigenvalue weighted by molar-refractivity contribution is 5.42. The largest absolute Gasteiger partial charge is 0.496 e. The van der Waals surface area contributed by atoms with Crippen molar-refractivity contribution in [1.82, 2.24) is 5.32 Å². The Bertz CT molecular complexity index is 428. The van der Waals surface area contributed by atoms with Crippen molar-refractivity contribution in [2.24, 2.45) is 5.41 Å². The smallest absolute Gasteiger partial charge is 0.126 e. The van der Waals surface area contributed by atoms with Gasteiger partial charge in [0.1, 0.15) is 17.2 Å². The monoisotopic (exact) mass is 295 g/mol. The quantitative estimate of drug-likeness (QED) is 0.836. The summed E-state index contributed by atoms with van der Waals surface area (Å²) in [5, 5.41) is 3.51. The highest BCUT2D eigenvalue weighted by Crippen LogP contribution is 2.28. The maximum atomic E-state index is 5.92. The van der Waals surface area contributed by atoms with Gasteiger partial charge in [-0.25, -0.2) is 0 Å². The van der Waals surface area contributed by atoms with Crippen LogP contribution in [0.4, 0.5) is 0 Å². The lowest BCUT2D eigenvalue weighted by molar-refractivity contribution is 0.165. The van der Waals surface area contributed by atoms with Gasteiger partial charge in [-0.3, -0.25) is 0 Å². The van der Waals surface area contributed by atoms with Gasteiger partial charge < -0.3 is 19.5 Å². The molecule has 0 aliphatic carbocycles. The number of hydrogen-bond acceptors (Lipinski definition) is 4. The summed E-state index contributed by atoms with van der Waals surface area (Å²) in [5.74, 6) is 2.22. The zero-order chi connectivity index (χ0) is 16.1. The van der Waals surface area contributed by atoms with Crippen molar-refractivity contribution >= 4 is 0 Å². The predicted octanol–water partition coefficient (Wildman–Crippen LogP) is 3.50. The van der Waals surface area contributed by atoms with Gasteiger partial charge in [0.15, 0.2) is 0 Å². The molecule has 0 fully saturated rings. The van der Waals surface area contributed by atoms with Crippen molar-refractivity contribution in [3.63, 3.8) is 0 Å². The van der Waals surface area contributed by atoms with Gasteiger partial charge in [-0.1, -0.05) is 13.8 Å². The molecule has 0 saturated heterocycles. The molecule has 0 bridgehead atoms. The van der Waals surface area contributed by atoms with Crippen molar-refractivity contribution in [3.05, 3.63) is 18.2 Å². The number of nitrogens with one attached hydrogen (secondary N) is 1. The van der Waals surface area contributed by atoms with Crippen LogP contribution in [-0.4, -0.2) is 32.9 Å². The molecule has 1 rings (SSSR count). The van der Waals surface area contributed by atoms with Gasteiger partial charge in [-0.2, -0.15) is 0 Å². The molecule has 0 saturated carbocycles. The van der Waals surface area contributed by atoms with E-state index in [4.69, 9.17) is 14.2 Å². The molecule has 4 heteroatoms. The fourth-order valence-electron chi connectivity index (χ4n) is 1.70. The van der Waals surface area contributed by atoms with E-state index in [-0.39, 0.29) is 11.0 Å². The number of rotatable bonds is 7. The minimum Gasteiger partial charge on any atom is -0.496 e. The first-order valence-electron chi connectivity index (χ1n) is 7.26. The van der Waals surface area contributed by atoms with Crippen molar-refractivity contribution < 1.29 is 14.2 Å². The maximum Gasteiger partial charge on any atom is 0.126 e. The van der Waals surface area contributed by atoms with E-state index in [0.29, 0.717) is 6.61 Å². The second-order valence-corrected chi connectivity index (χ2v) is 7.10. The first kappa shape index (κ1) is 17.6. The van der Waals surface area contributed by atoms with Crippen LogP contribution in [0.25, 0.3) is 0 Å². The summed E-state index contributed by atoms with van der Waals surface area (Å²) in [4.78, 5) is 0. The zero-order valence-corrected chi connectivity index (χ0v) is 14.4. The summed E-state index contributed by atoms with van der Waals surface area (Å²) >= 11 is 0. The van der Waals surface area contributed by atoms with Gasteiger partial charge in [0.25, 0.3) is 0 Å². The van der Waals surface area contributed by atoms with E-state index in [0.717, 1.165) is 23.8 Å². The second kappa shape index (κ2) is 7.03. The molecule has 0 spiro atoms. The molecule has 4 nitrogen and oxygen atoms in total. The van der Waals surface area contributed by atoms with E-state index >= 15 is 0 Å². The molecule has 0 aromatic heterocycles. The fourth-order valence-corrected chi connectivity index (χ4v) is 1.70. The summed E-state index contributed by atoms with van der Waals surface area (Å²) in [6, 6.07) is 5.57. The van der Waals surface area contributed by atoms with Crippen LogP contribution >= 0.6 is 0 Å². The normalized spacial score (nSPS) is 12.1. The van der Waals surface area contributed by atoms with Gasteiger partial charge in [-0.05, 0) is 20.8 Å². The molecule has 1 N–H and O–H groups in total. The molecule has 1 aromatic carbocycles. The number of hydrogen-bond donors (Lipinski definition) is 1. The third-order valence-electron chi connectivity index (χ3n) is 3.05. The zero-order valence-electron chi connectivity index (χ0n) is 14.4. The van der Waals surface area contributed by atoms with Crippen molar-refractivity contribution in [2.45, 2.75) is 40.2 Å². The molecule has 0 heterocycles. The van der Waals surface area contributed by atoms with E-state index in [1.807, 2.05) is 18.2 Å². The second-order valence-electron chi connectivity index (χ2n) is 7.10. The first-order chi connectivity index (χ1) is 9.65. The van der Waals surface area contributed by atoms with Gasteiger partial charge in [-0.15, -0.1) is 0 Å². The van der Waals surface area contributed by atoms with Gasteiger partial charge in [0.2, 0.25) is 0 Å². The van der Waals surface area contributed by atoms with Crippen LogP contribution < -0.4 is 19.5 Å². The van der Waals surface area contributed by atoms with Crippen molar-refractivity contribution in [3.8, 4) is 17.2 Å². The minimum absolute atomic E-state index is 0.0313. The van der Waals surface area contributed by atoms with Crippen molar-refractivity contribution in [2.75, 3.05) is 27.4 Å². The Balaban J connectivity index is 2.65. The molecule has 0 radical (unpaired) electrons. The van der Waals surface area contributed by atoms with Gasteiger partial charge >= 0.3 is 0 Å². The summed E-state index contributed by atoms with van der Waals surface area (Å²) in [6.07, 6.45) is 0. The highest BCUT2D eigenvalue weighted by atomic mass is 16.5. The summed E-state index contributed by atoms with van der Waals surface area (Å²) in [6.45, 7) is 12.4. The number of methoxy groups -OCH3 is 2. The molecule has 0 unspecified atom stereocenters. The fraction of sp³-hybridized carbons (Fsp3) is 0.647. The standard InChI is InChI=1S/C17H29NO3/c1-16(2,3)18-11-17(4,5)12-21-15-9-13(19-6)8-14(10-15)20-7/h8-10,18H,11-12H2,1-7H3. The van der Waals surface area contributed by atoms with E-state index in [2.05, 4.69) is 39.9 Å². The molecule has 0 aliphatic heterocycles. The first-order valence-corrected chi connectivity index (χ1v) is 7.26. The van der Waals surface area contributed by atoms with Crippen LogP contribution in [0.5, 0.6) is 17.2 Å². The Labute approximate surface area is 128 Å². The SMILES string of the molecule is COc1cc(OC)cc(OCC(C)(C)CNC(C)(C)C)c1. The average Bonchev–Trinajstić information content (AvgIpc) is 2.42. The minimum atomic E-state index is 0.0313. The lowest BCUT2D eigenvalue weighted by Crippen LogP contribution is -2.43. The molecule has 120 valence electrons. The van der Waals surface area contributed by atoms with Crippen LogP contribution in [0.2, 0.25) is 0 Å². The molecular formula is C17H29NO3. The topological polar surface area (TPSA) is 39.7 Å². The van der Waals surface area contributed by atoms with Crippen LogP contribution in [-0.2, 0) is 0 Å². The molecule has 0 amide bonds. The van der Waals surface area contributed by atoms with E-state index in [9.17, 15) is 0 Å². The van der Waals surface area contributed by atoms with E-state index in [1.165, 1.54) is 0 Å². The molecule has 0 aliphatic rings. The molecule has 1 aromatic rings. The Kier molecular flexibility index (Phi) is 5.90. The Hall–Kier alpha value is -1.42. The van der Waals surface area contributed by atoms with Crippen LogP contribution in [0.3, 0.4) is 0 Å².